The highest BCUT2D eigenvalue weighted by molar-refractivity contribution is 8.14. The van der Waals surface area contributed by atoms with Gasteiger partial charge in [-0.05, 0) is 18.4 Å². The van der Waals surface area contributed by atoms with E-state index in [0.717, 1.165) is 11.3 Å². The standard InChI is InChI=1S/C19H22N2O3S/c1-12(2)11-24-18(23)16-13(3)20-19-21(15(22)9-10-25-19)17(16)14-7-5-4-6-8-14/h4-8,12,17H,9-11H2,1-3H3/t17-/m0/s1. The summed E-state index contributed by atoms with van der Waals surface area (Å²) in [5.41, 5.74) is 1.96. The first-order valence-electron chi connectivity index (χ1n) is 8.45. The van der Waals surface area contributed by atoms with Gasteiger partial charge in [-0.15, -0.1) is 0 Å². The highest BCUT2D eigenvalue weighted by Crippen LogP contribution is 2.40. The molecule has 0 radical (unpaired) electrons. The monoisotopic (exact) mass is 358 g/mol. The molecular formula is C19H22N2O3S. The third kappa shape index (κ3) is 3.63. The summed E-state index contributed by atoms with van der Waals surface area (Å²) in [6.45, 7) is 6.14. The predicted molar refractivity (Wildman–Crippen MR) is 99.0 cm³/mol. The average molecular weight is 358 g/mol. The number of amidine groups is 1. The molecule has 1 fully saturated rings. The fourth-order valence-corrected chi connectivity index (χ4v) is 3.94. The van der Waals surface area contributed by atoms with E-state index in [1.54, 1.807) is 16.7 Å². The molecule has 6 heteroatoms. The van der Waals surface area contributed by atoms with E-state index in [1.165, 1.54) is 0 Å². The van der Waals surface area contributed by atoms with E-state index in [9.17, 15) is 9.59 Å². The van der Waals surface area contributed by atoms with Crippen molar-refractivity contribution in [1.29, 1.82) is 0 Å². The summed E-state index contributed by atoms with van der Waals surface area (Å²) in [6, 6.07) is 9.13. The molecule has 0 bridgehead atoms. The van der Waals surface area contributed by atoms with Crippen LogP contribution in [0.3, 0.4) is 0 Å². The van der Waals surface area contributed by atoms with Gasteiger partial charge in [-0.25, -0.2) is 9.79 Å². The molecule has 0 aliphatic carbocycles. The van der Waals surface area contributed by atoms with Crippen molar-refractivity contribution in [1.82, 2.24) is 4.90 Å². The maximum atomic E-state index is 12.8. The van der Waals surface area contributed by atoms with Crippen LogP contribution in [0.4, 0.5) is 0 Å². The van der Waals surface area contributed by atoms with Gasteiger partial charge in [-0.1, -0.05) is 55.9 Å². The Morgan fingerprint density at radius 3 is 2.76 bits per heavy atom. The third-order valence-electron chi connectivity index (χ3n) is 4.09. The van der Waals surface area contributed by atoms with Crippen LogP contribution in [-0.2, 0) is 14.3 Å². The number of rotatable bonds is 4. The smallest absolute Gasteiger partial charge is 0.338 e. The molecule has 0 aromatic heterocycles. The zero-order valence-electron chi connectivity index (χ0n) is 14.7. The van der Waals surface area contributed by atoms with E-state index in [2.05, 4.69) is 4.99 Å². The van der Waals surface area contributed by atoms with Crippen LogP contribution >= 0.6 is 11.8 Å². The molecular weight excluding hydrogens is 336 g/mol. The number of nitrogens with zero attached hydrogens (tertiary/aromatic N) is 2. The zero-order chi connectivity index (χ0) is 18.0. The van der Waals surface area contributed by atoms with E-state index in [0.29, 0.717) is 29.5 Å². The fourth-order valence-electron chi connectivity index (χ4n) is 2.93. The van der Waals surface area contributed by atoms with Crippen LogP contribution in [0.25, 0.3) is 0 Å². The molecule has 0 N–H and O–H groups in total. The molecule has 0 spiro atoms. The quantitative estimate of drug-likeness (QED) is 0.773. The van der Waals surface area contributed by atoms with Crippen LogP contribution in [-0.4, -0.2) is 34.3 Å². The van der Waals surface area contributed by atoms with Gasteiger partial charge < -0.3 is 4.74 Å². The van der Waals surface area contributed by atoms with Crippen molar-refractivity contribution in [3.63, 3.8) is 0 Å². The second kappa shape index (κ2) is 7.44. The highest BCUT2D eigenvalue weighted by atomic mass is 32.2. The van der Waals surface area contributed by atoms with Gasteiger partial charge in [0.1, 0.15) is 0 Å². The number of ether oxygens (including phenoxy) is 1. The highest BCUT2D eigenvalue weighted by Gasteiger charge is 2.41. The summed E-state index contributed by atoms with van der Waals surface area (Å²) in [7, 11) is 0. The van der Waals surface area contributed by atoms with Crippen molar-refractivity contribution >= 4 is 28.8 Å². The Hall–Kier alpha value is -2.08. The van der Waals surface area contributed by atoms with Gasteiger partial charge in [0, 0.05) is 12.2 Å². The number of carbonyl (C=O) groups is 2. The zero-order valence-corrected chi connectivity index (χ0v) is 15.5. The maximum absolute atomic E-state index is 12.8. The number of fused-ring (bicyclic) bond motifs is 1. The molecule has 2 aliphatic heterocycles. The van der Waals surface area contributed by atoms with E-state index < -0.39 is 12.0 Å². The lowest BCUT2D eigenvalue weighted by Gasteiger charge is -2.38. The molecule has 1 saturated heterocycles. The van der Waals surface area contributed by atoms with Gasteiger partial charge in [0.25, 0.3) is 0 Å². The maximum Gasteiger partial charge on any atom is 0.338 e. The van der Waals surface area contributed by atoms with Gasteiger partial charge in [-0.3, -0.25) is 9.69 Å². The summed E-state index contributed by atoms with van der Waals surface area (Å²) in [4.78, 5) is 31.6. The van der Waals surface area contributed by atoms with Crippen molar-refractivity contribution < 1.29 is 14.3 Å². The predicted octanol–water partition coefficient (Wildman–Crippen LogP) is 3.54. The van der Waals surface area contributed by atoms with Crippen LogP contribution in [0.5, 0.6) is 0 Å². The summed E-state index contributed by atoms with van der Waals surface area (Å²) in [5.74, 6) is 0.560. The summed E-state index contributed by atoms with van der Waals surface area (Å²) >= 11 is 1.55. The molecule has 0 unspecified atom stereocenters. The van der Waals surface area contributed by atoms with Crippen molar-refractivity contribution in [2.24, 2.45) is 10.9 Å². The molecule has 1 aromatic rings. The summed E-state index contributed by atoms with van der Waals surface area (Å²) in [6.07, 6.45) is 0.445. The number of amides is 1. The third-order valence-corrected chi connectivity index (χ3v) is 5.04. The first-order valence-corrected chi connectivity index (χ1v) is 9.44. The Labute approximate surface area is 152 Å². The van der Waals surface area contributed by atoms with Crippen molar-refractivity contribution in [3.8, 4) is 0 Å². The van der Waals surface area contributed by atoms with E-state index in [1.807, 2.05) is 51.1 Å². The Balaban J connectivity index is 2.05. The second-order valence-electron chi connectivity index (χ2n) is 6.56. The van der Waals surface area contributed by atoms with Crippen LogP contribution in [0.1, 0.15) is 38.8 Å². The summed E-state index contributed by atoms with van der Waals surface area (Å²) < 4.78 is 5.47. The second-order valence-corrected chi connectivity index (χ2v) is 7.62. The van der Waals surface area contributed by atoms with Crippen molar-refractivity contribution in [2.75, 3.05) is 12.4 Å². The topological polar surface area (TPSA) is 59.0 Å². The minimum Gasteiger partial charge on any atom is -0.462 e. The van der Waals surface area contributed by atoms with Gasteiger partial charge in [-0.2, -0.15) is 0 Å². The van der Waals surface area contributed by atoms with Gasteiger partial charge in [0.05, 0.1) is 23.9 Å². The largest absolute Gasteiger partial charge is 0.462 e. The van der Waals surface area contributed by atoms with E-state index >= 15 is 0 Å². The van der Waals surface area contributed by atoms with Gasteiger partial charge >= 0.3 is 5.97 Å². The van der Waals surface area contributed by atoms with E-state index in [-0.39, 0.29) is 11.8 Å². The minimum atomic E-state index is -0.478. The first-order chi connectivity index (χ1) is 12.0. The number of hydrogen-bond donors (Lipinski definition) is 0. The number of hydrogen-bond acceptors (Lipinski definition) is 5. The number of esters is 1. The lowest BCUT2D eigenvalue weighted by atomic mass is 9.94. The first kappa shape index (κ1) is 17.7. The lowest BCUT2D eigenvalue weighted by molar-refractivity contribution is -0.141. The Morgan fingerprint density at radius 1 is 1.36 bits per heavy atom. The van der Waals surface area contributed by atoms with Gasteiger partial charge in [0.2, 0.25) is 5.91 Å². The number of benzene rings is 1. The lowest BCUT2D eigenvalue weighted by Crippen LogP contribution is -2.45. The molecule has 0 saturated carbocycles. The molecule has 2 aliphatic rings. The average Bonchev–Trinajstić information content (AvgIpc) is 2.59. The molecule has 5 nitrogen and oxygen atoms in total. The molecule has 1 amide bonds. The van der Waals surface area contributed by atoms with Crippen molar-refractivity contribution in [2.45, 2.75) is 33.2 Å². The number of thioether (sulfide) groups is 1. The SMILES string of the molecule is CC1=C(C(=O)OCC(C)C)[C@H](c2ccccc2)N2C(=O)CCSC2=N1. The molecule has 2 heterocycles. The van der Waals surface area contributed by atoms with Crippen LogP contribution in [0.15, 0.2) is 46.6 Å². The summed E-state index contributed by atoms with van der Waals surface area (Å²) in [5, 5.41) is 0.669. The van der Waals surface area contributed by atoms with E-state index in [4.69, 9.17) is 4.74 Å². The Kier molecular flexibility index (Phi) is 5.27. The van der Waals surface area contributed by atoms with Crippen LogP contribution < -0.4 is 0 Å². The van der Waals surface area contributed by atoms with Gasteiger partial charge in [0.15, 0.2) is 5.17 Å². The Bertz CT molecular complexity index is 740. The number of carbonyl (C=O) groups excluding carboxylic acids is 2. The van der Waals surface area contributed by atoms with Crippen LogP contribution in [0.2, 0.25) is 0 Å². The normalized spacial score (nSPS) is 20.5. The molecule has 25 heavy (non-hydrogen) atoms. The van der Waals surface area contributed by atoms with Crippen LogP contribution in [0, 0.1) is 5.92 Å². The molecule has 3 rings (SSSR count). The molecule has 1 atom stereocenters. The Morgan fingerprint density at radius 2 is 2.08 bits per heavy atom. The minimum absolute atomic E-state index is 0.00647. The fraction of sp³-hybridized carbons (Fsp3) is 0.421. The molecule has 1 aromatic carbocycles. The molecule has 132 valence electrons. The van der Waals surface area contributed by atoms with Crippen molar-refractivity contribution in [3.05, 3.63) is 47.2 Å². The number of aliphatic imine (C=N–C) groups is 1. The number of allylic oxidation sites excluding steroid dienone is 1.